The van der Waals surface area contributed by atoms with Crippen molar-refractivity contribution >= 4 is 11.9 Å². The highest BCUT2D eigenvalue weighted by Crippen LogP contribution is 2.18. The molecule has 0 spiro atoms. The fourth-order valence-electron chi connectivity index (χ4n) is 2.48. The molecule has 2 heterocycles. The predicted molar refractivity (Wildman–Crippen MR) is 59.6 cm³/mol. The molecule has 0 aromatic heterocycles. The zero-order valence-electron chi connectivity index (χ0n) is 9.96. The SMILES string of the molecule is CN1CCCC1CN1C(=O)COCC1C(=O)O. The van der Waals surface area contributed by atoms with Crippen LogP contribution in [-0.4, -0.2) is 72.2 Å². The van der Waals surface area contributed by atoms with E-state index in [1.165, 1.54) is 4.90 Å². The van der Waals surface area contributed by atoms with E-state index in [4.69, 9.17) is 9.84 Å². The Morgan fingerprint density at radius 1 is 1.59 bits per heavy atom. The summed E-state index contributed by atoms with van der Waals surface area (Å²) in [7, 11) is 2.01. The van der Waals surface area contributed by atoms with E-state index in [1.54, 1.807) is 0 Å². The van der Waals surface area contributed by atoms with E-state index in [0.717, 1.165) is 19.4 Å². The summed E-state index contributed by atoms with van der Waals surface area (Å²) < 4.78 is 4.99. The number of likely N-dealkylation sites (tertiary alicyclic amines) is 1. The third-order valence-electron chi connectivity index (χ3n) is 3.56. The Hall–Kier alpha value is -1.14. The Bertz CT molecular complexity index is 321. The van der Waals surface area contributed by atoms with Crippen molar-refractivity contribution in [1.29, 1.82) is 0 Å². The van der Waals surface area contributed by atoms with Gasteiger partial charge in [0.2, 0.25) is 5.91 Å². The Morgan fingerprint density at radius 2 is 2.35 bits per heavy atom. The lowest BCUT2D eigenvalue weighted by Gasteiger charge is -2.35. The number of amides is 1. The lowest BCUT2D eigenvalue weighted by molar-refractivity contribution is -0.163. The van der Waals surface area contributed by atoms with Gasteiger partial charge in [0.1, 0.15) is 6.61 Å². The molecule has 2 unspecified atom stereocenters. The molecule has 1 N–H and O–H groups in total. The van der Waals surface area contributed by atoms with E-state index in [0.29, 0.717) is 6.54 Å². The summed E-state index contributed by atoms with van der Waals surface area (Å²) in [4.78, 5) is 26.4. The highest BCUT2D eigenvalue weighted by Gasteiger charge is 2.36. The molecule has 2 aliphatic heterocycles. The molecular weight excluding hydrogens is 224 g/mol. The van der Waals surface area contributed by atoms with Crippen LogP contribution >= 0.6 is 0 Å². The van der Waals surface area contributed by atoms with Gasteiger partial charge >= 0.3 is 5.97 Å². The van der Waals surface area contributed by atoms with Gasteiger partial charge < -0.3 is 19.6 Å². The average Bonchev–Trinajstić information content (AvgIpc) is 2.67. The molecule has 6 heteroatoms. The number of carboxylic acids is 1. The minimum absolute atomic E-state index is 0.000213. The van der Waals surface area contributed by atoms with Gasteiger partial charge in [-0.2, -0.15) is 0 Å². The first-order valence-electron chi connectivity index (χ1n) is 5.90. The minimum atomic E-state index is -0.987. The monoisotopic (exact) mass is 242 g/mol. The quantitative estimate of drug-likeness (QED) is 0.715. The lowest BCUT2D eigenvalue weighted by Crippen LogP contribution is -2.56. The second-order valence-electron chi connectivity index (χ2n) is 4.69. The molecule has 0 radical (unpaired) electrons. The van der Waals surface area contributed by atoms with Crippen LogP contribution in [0.25, 0.3) is 0 Å². The Morgan fingerprint density at radius 3 is 2.94 bits per heavy atom. The maximum atomic E-state index is 11.7. The minimum Gasteiger partial charge on any atom is -0.480 e. The van der Waals surface area contributed by atoms with Gasteiger partial charge in [-0.25, -0.2) is 4.79 Å². The number of aliphatic carboxylic acids is 1. The molecular formula is C11H18N2O4. The predicted octanol–water partition coefficient (Wildman–Crippen LogP) is -0.607. The van der Waals surface area contributed by atoms with E-state index in [9.17, 15) is 9.59 Å². The van der Waals surface area contributed by atoms with Crippen molar-refractivity contribution in [2.45, 2.75) is 24.9 Å². The zero-order chi connectivity index (χ0) is 12.4. The molecule has 2 saturated heterocycles. The van der Waals surface area contributed by atoms with E-state index in [1.807, 2.05) is 7.05 Å². The van der Waals surface area contributed by atoms with Gasteiger partial charge in [0.25, 0.3) is 0 Å². The molecule has 0 aromatic rings. The number of ether oxygens (including phenoxy) is 1. The zero-order valence-corrected chi connectivity index (χ0v) is 9.96. The van der Waals surface area contributed by atoms with E-state index in [2.05, 4.69) is 4.90 Å². The third kappa shape index (κ3) is 2.58. The number of nitrogens with zero attached hydrogens (tertiary/aromatic N) is 2. The van der Waals surface area contributed by atoms with Crippen molar-refractivity contribution in [3.8, 4) is 0 Å². The highest BCUT2D eigenvalue weighted by atomic mass is 16.5. The Kier molecular flexibility index (Phi) is 3.63. The summed E-state index contributed by atoms with van der Waals surface area (Å²) in [6, 6.07) is -0.552. The first-order valence-corrected chi connectivity index (χ1v) is 5.90. The molecule has 6 nitrogen and oxygen atoms in total. The van der Waals surface area contributed by atoms with Gasteiger partial charge in [-0.3, -0.25) is 4.79 Å². The summed E-state index contributed by atoms with van der Waals surface area (Å²) in [5.41, 5.74) is 0. The number of rotatable bonds is 3. The van der Waals surface area contributed by atoms with Crippen LogP contribution in [0.1, 0.15) is 12.8 Å². The number of carbonyl (C=O) groups excluding carboxylic acids is 1. The van der Waals surface area contributed by atoms with Crippen molar-refractivity contribution in [3.05, 3.63) is 0 Å². The van der Waals surface area contributed by atoms with Crippen LogP contribution in [0.2, 0.25) is 0 Å². The fourth-order valence-corrected chi connectivity index (χ4v) is 2.48. The van der Waals surface area contributed by atoms with Crippen LogP contribution in [0.15, 0.2) is 0 Å². The van der Waals surface area contributed by atoms with Crippen molar-refractivity contribution in [1.82, 2.24) is 9.80 Å². The van der Waals surface area contributed by atoms with Crippen LogP contribution in [0.4, 0.5) is 0 Å². The highest BCUT2D eigenvalue weighted by molar-refractivity contribution is 5.85. The number of carboxylic acid groups (broad SMARTS) is 1. The number of hydrogen-bond donors (Lipinski definition) is 1. The van der Waals surface area contributed by atoms with Gasteiger partial charge in [-0.1, -0.05) is 0 Å². The second kappa shape index (κ2) is 5.01. The molecule has 17 heavy (non-hydrogen) atoms. The largest absolute Gasteiger partial charge is 0.480 e. The topological polar surface area (TPSA) is 70.1 Å². The normalized spacial score (nSPS) is 30.9. The van der Waals surface area contributed by atoms with Gasteiger partial charge in [0, 0.05) is 12.6 Å². The number of morpholine rings is 1. The summed E-state index contributed by atoms with van der Waals surface area (Å²) in [5.74, 6) is -1.21. The van der Waals surface area contributed by atoms with Crippen molar-refractivity contribution in [3.63, 3.8) is 0 Å². The standard InChI is InChI=1S/C11H18N2O4/c1-12-4-2-3-8(12)5-13-9(11(15)16)6-17-7-10(13)14/h8-9H,2-7H2,1H3,(H,15,16). The lowest BCUT2D eigenvalue weighted by atomic mass is 10.1. The van der Waals surface area contributed by atoms with Gasteiger partial charge in [0.05, 0.1) is 6.61 Å². The molecule has 2 rings (SSSR count). The first kappa shape index (κ1) is 12.3. The number of hydrogen-bond acceptors (Lipinski definition) is 4. The van der Waals surface area contributed by atoms with Crippen LogP contribution in [0.3, 0.4) is 0 Å². The fraction of sp³-hybridized carbons (Fsp3) is 0.818. The van der Waals surface area contributed by atoms with Crippen LogP contribution in [0, 0.1) is 0 Å². The molecule has 0 aliphatic carbocycles. The smallest absolute Gasteiger partial charge is 0.328 e. The maximum absolute atomic E-state index is 11.7. The third-order valence-corrected chi connectivity index (χ3v) is 3.56. The number of carbonyl (C=O) groups is 2. The molecule has 0 saturated carbocycles. The molecule has 0 bridgehead atoms. The first-order chi connectivity index (χ1) is 8.09. The van der Waals surface area contributed by atoms with Crippen LogP contribution in [-0.2, 0) is 14.3 Å². The van der Waals surface area contributed by atoms with Gasteiger partial charge in [-0.15, -0.1) is 0 Å². The van der Waals surface area contributed by atoms with Crippen molar-refractivity contribution < 1.29 is 19.4 Å². The van der Waals surface area contributed by atoms with E-state index >= 15 is 0 Å². The summed E-state index contributed by atoms with van der Waals surface area (Å²) in [5, 5.41) is 9.08. The Labute approximate surface area is 100 Å². The van der Waals surface area contributed by atoms with Crippen molar-refractivity contribution in [2.24, 2.45) is 0 Å². The molecule has 0 aromatic carbocycles. The molecule has 2 fully saturated rings. The number of likely N-dealkylation sites (N-methyl/N-ethyl adjacent to an activating group) is 1. The summed E-state index contributed by atoms with van der Waals surface area (Å²) in [6.07, 6.45) is 2.13. The molecule has 96 valence electrons. The van der Waals surface area contributed by atoms with Crippen LogP contribution in [0.5, 0.6) is 0 Å². The van der Waals surface area contributed by atoms with Gasteiger partial charge in [0.15, 0.2) is 6.04 Å². The van der Waals surface area contributed by atoms with E-state index < -0.39 is 12.0 Å². The van der Waals surface area contributed by atoms with Gasteiger partial charge in [-0.05, 0) is 26.4 Å². The van der Waals surface area contributed by atoms with Crippen molar-refractivity contribution in [2.75, 3.05) is 33.4 Å². The molecule has 1 amide bonds. The second-order valence-corrected chi connectivity index (χ2v) is 4.69. The van der Waals surface area contributed by atoms with E-state index in [-0.39, 0.29) is 25.2 Å². The summed E-state index contributed by atoms with van der Waals surface area (Å²) >= 11 is 0. The average molecular weight is 242 g/mol. The Balaban J connectivity index is 2.04. The maximum Gasteiger partial charge on any atom is 0.328 e. The summed E-state index contributed by atoms with van der Waals surface area (Å²) in [6.45, 7) is 1.61. The molecule has 2 aliphatic rings. The van der Waals surface area contributed by atoms with Crippen LogP contribution < -0.4 is 0 Å². The molecule has 2 atom stereocenters.